The van der Waals surface area contributed by atoms with E-state index in [0.29, 0.717) is 25.0 Å². The lowest BCUT2D eigenvalue weighted by Crippen LogP contribution is -2.52. The van der Waals surface area contributed by atoms with Gasteiger partial charge >= 0.3 is 0 Å². The number of hydrogen-bond acceptors (Lipinski definition) is 7. The molecule has 33 heavy (non-hydrogen) atoms. The molecule has 4 rings (SSSR count). The zero-order chi connectivity index (χ0) is 23.6. The average molecular weight is 475 g/mol. The number of likely N-dealkylation sites (tertiary alicyclic amines) is 1. The van der Waals surface area contributed by atoms with Gasteiger partial charge in [-0.15, -0.1) is 0 Å². The highest BCUT2D eigenvalue weighted by Crippen LogP contribution is 2.33. The van der Waals surface area contributed by atoms with Crippen molar-refractivity contribution < 1.29 is 27.2 Å². The lowest BCUT2D eigenvalue weighted by molar-refractivity contribution is -0.138. The van der Waals surface area contributed by atoms with Crippen molar-refractivity contribution in [3.05, 3.63) is 54.2 Å². The van der Waals surface area contributed by atoms with Crippen LogP contribution in [0.4, 0.5) is 0 Å². The summed E-state index contributed by atoms with van der Waals surface area (Å²) in [4.78, 5) is 44.1. The fourth-order valence-electron chi connectivity index (χ4n) is 4.52. The van der Waals surface area contributed by atoms with Crippen LogP contribution in [0, 0.1) is 0 Å². The van der Waals surface area contributed by atoms with Gasteiger partial charge in [-0.3, -0.25) is 19.4 Å². The summed E-state index contributed by atoms with van der Waals surface area (Å²) in [5, 5.41) is 2.69. The summed E-state index contributed by atoms with van der Waals surface area (Å²) >= 11 is 0. The van der Waals surface area contributed by atoms with Crippen LogP contribution in [0.1, 0.15) is 42.4 Å². The van der Waals surface area contributed by atoms with Gasteiger partial charge in [0.15, 0.2) is 11.5 Å². The van der Waals surface area contributed by atoms with Crippen molar-refractivity contribution in [2.75, 3.05) is 13.1 Å². The van der Waals surface area contributed by atoms with E-state index in [9.17, 15) is 22.8 Å². The van der Waals surface area contributed by atoms with Crippen molar-refractivity contribution in [1.29, 1.82) is 0 Å². The predicted octanol–water partition coefficient (Wildman–Crippen LogP) is 0.957. The lowest BCUT2D eigenvalue weighted by atomic mass is 10.1. The zero-order valence-corrected chi connectivity index (χ0v) is 19.0. The highest BCUT2D eigenvalue weighted by Gasteiger charge is 2.54. The summed E-state index contributed by atoms with van der Waals surface area (Å²) in [6.45, 7) is 1.86. The normalized spacial score (nSPS) is 21.7. The summed E-state index contributed by atoms with van der Waals surface area (Å²) in [6.07, 6.45) is 4.26. The fourth-order valence-corrected chi connectivity index (χ4v) is 6.19. The van der Waals surface area contributed by atoms with Crippen LogP contribution in [0.15, 0.2) is 47.2 Å². The molecule has 3 unspecified atom stereocenters. The van der Waals surface area contributed by atoms with Crippen molar-refractivity contribution in [2.45, 2.75) is 50.1 Å². The number of furan rings is 1. The number of fused-ring (bicyclic) bond motifs is 1. The number of rotatable bonds is 8. The highest BCUT2D eigenvalue weighted by atomic mass is 32.2. The number of carbonyl (C=O) groups is 3. The molecule has 176 valence electrons. The first-order valence-electron chi connectivity index (χ1n) is 10.9. The van der Waals surface area contributed by atoms with Crippen LogP contribution in [0.25, 0.3) is 0 Å². The molecule has 2 aromatic heterocycles. The number of aromatic nitrogens is 1. The Morgan fingerprint density at radius 3 is 2.76 bits per heavy atom. The first-order chi connectivity index (χ1) is 15.8. The Balaban J connectivity index is 1.49. The molecule has 0 spiro atoms. The van der Waals surface area contributed by atoms with Crippen molar-refractivity contribution in [2.24, 2.45) is 0 Å². The third kappa shape index (κ3) is 4.69. The van der Waals surface area contributed by atoms with E-state index in [1.807, 2.05) is 6.92 Å². The standard InChI is InChI=1S/C22H26N4O6S/c1-2-6-16(24-21(28)19-8-5-12-32-19)22(29)25-11-9-17-20(25)18(27)13-26(17)33(30,31)14-15-7-3-4-10-23-15/h3-5,7-8,10,12,16-17,20H,2,6,9,11,13-14H2,1H3,(H,24,28). The molecule has 1 N–H and O–H groups in total. The molecular weight excluding hydrogens is 448 g/mol. The number of Topliss-reactive ketones (excluding diaryl/α,β-unsaturated/α-hetero) is 1. The molecule has 11 heteroatoms. The van der Waals surface area contributed by atoms with E-state index in [-0.39, 0.29) is 36.3 Å². The Morgan fingerprint density at radius 1 is 1.27 bits per heavy atom. The van der Waals surface area contributed by atoms with E-state index in [2.05, 4.69) is 10.3 Å². The molecule has 0 aromatic carbocycles. The Kier molecular flexibility index (Phi) is 6.61. The first kappa shape index (κ1) is 23.1. The Morgan fingerprint density at radius 2 is 2.09 bits per heavy atom. The second kappa shape index (κ2) is 9.44. The molecule has 3 atom stereocenters. The van der Waals surface area contributed by atoms with Gasteiger partial charge in [0.25, 0.3) is 5.91 Å². The number of hydrogen-bond donors (Lipinski definition) is 1. The van der Waals surface area contributed by atoms with Crippen LogP contribution in [0.3, 0.4) is 0 Å². The van der Waals surface area contributed by atoms with E-state index >= 15 is 0 Å². The van der Waals surface area contributed by atoms with Crippen LogP contribution in [-0.4, -0.2) is 71.4 Å². The average Bonchev–Trinajstić information content (AvgIpc) is 3.52. The van der Waals surface area contributed by atoms with E-state index in [1.54, 1.807) is 24.3 Å². The molecule has 2 saturated heterocycles. The monoisotopic (exact) mass is 474 g/mol. The first-order valence-corrected chi connectivity index (χ1v) is 12.5. The summed E-state index contributed by atoms with van der Waals surface area (Å²) in [5.74, 6) is -1.44. The SMILES string of the molecule is CCCC(NC(=O)c1ccco1)C(=O)N1CCC2C1C(=O)CN2S(=O)(=O)Cc1ccccn1. The molecule has 0 saturated carbocycles. The largest absolute Gasteiger partial charge is 0.459 e. The highest BCUT2D eigenvalue weighted by molar-refractivity contribution is 7.88. The van der Waals surface area contributed by atoms with Gasteiger partial charge in [-0.1, -0.05) is 19.4 Å². The molecule has 0 aliphatic carbocycles. The number of nitrogens with one attached hydrogen (secondary N) is 1. The lowest BCUT2D eigenvalue weighted by Gasteiger charge is -2.28. The Bertz CT molecular complexity index is 1120. The second-order valence-electron chi connectivity index (χ2n) is 8.21. The Hall–Kier alpha value is -3.05. The molecule has 4 heterocycles. The molecule has 2 aromatic rings. The van der Waals surface area contributed by atoms with Gasteiger partial charge < -0.3 is 14.6 Å². The fraction of sp³-hybridized carbons (Fsp3) is 0.455. The number of ketones is 1. The Labute approximate surface area is 192 Å². The minimum Gasteiger partial charge on any atom is -0.459 e. The van der Waals surface area contributed by atoms with Gasteiger partial charge in [0.05, 0.1) is 24.5 Å². The minimum absolute atomic E-state index is 0.0898. The van der Waals surface area contributed by atoms with Crippen LogP contribution in [0.2, 0.25) is 0 Å². The maximum absolute atomic E-state index is 13.3. The van der Waals surface area contributed by atoms with E-state index in [1.165, 1.54) is 27.7 Å². The number of nitrogens with zero attached hydrogens (tertiary/aromatic N) is 3. The van der Waals surface area contributed by atoms with Crippen LogP contribution in [0.5, 0.6) is 0 Å². The predicted molar refractivity (Wildman–Crippen MR) is 117 cm³/mol. The maximum atomic E-state index is 13.3. The van der Waals surface area contributed by atoms with E-state index < -0.39 is 34.1 Å². The molecule has 0 radical (unpaired) electrons. The summed E-state index contributed by atoms with van der Waals surface area (Å²) < 4.78 is 32.4. The zero-order valence-electron chi connectivity index (χ0n) is 18.2. The van der Waals surface area contributed by atoms with Crippen molar-refractivity contribution in [3.8, 4) is 0 Å². The summed E-state index contributed by atoms with van der Waals surface area (Å²) in [7, 11) is -3.80. The van der Waals surface area contributed by atoms with Gasteiger partial charge in [0.1, 0.15) is 17.8 Å². The van der Waals surface area contributed by atoms with Crippen molar-refractivity contribution >= 4 is 27.6 Å². The topological polar surface area (TPSA) is 130 Å². The molecule has 0 bridgehead atoms. The number of carbonyl (C=O) groups excluding carboxylic acids is 3. The van der Waals surface area contributed by atoms with Gasteiger partial charge in [-0.05, 0) is 37.1 Å². The number of pyridine rings is 1. The van der Waals surface area contributed by atoms with E-state index in [0.717, 1.165) is 0 Å². The quantitative estimate of drug-likeness (QED) is 0.603. The second-order valence-corrected chi connectivity index (χ2v) is 10.1. The molecule has 2 amide bonds. The molecular formula is C22H26N4O6S. The number of amides is 2. The van der Waals surface area contributed by atoms with Gasteiger partial charge in [-0.25, -0.2) is 8.42 Å². The van der Waals surface area contributed by atoms with Crippen molar-refractivity contribution in [3.63, 3.8) is 0 Å². The third-order valence-corrected chi connectivity index (χ3v) is 7.78. The van der Waals surface area contributed by atoms with Crippen molar-refractivity contribution in [1.82, 2.24) is 19.5 Å². The van der Waals surface area contributed by atoms with Crippen LogP contribution < -0.4 is 5.32 Å². The van der Waals surface area contributed by atoms with Gasteiger partial charge in [0, 0.05) is 12.7 Å². The maximum Gasteiger partial charge on any atom is 0.287 e. The molecule has 2 fully saturated rings. The van der Waals surface area contributed by atoms with Crippen LogP contribution in [-0.2, 0) is 25.4 Å². The molecule has 10 nitrogen and oxygen atoms in total. The molecule has 2 aliphatic heterocycles. The number of sulfonamides is 1. The van der Waals surface area contributed by atoms with E-state index in [4.69, 9.17) is 4.42 Å². The summed E-state index contributed by atoms with van der Waals surface area (Å²) in [6, 6.07) is 5.80. The molecule has 2 aliphatic rings. The van der Waals surface area contributed by atoms with Crippen LogP contribution >= 0.6 is 0 Å². The van der Waals surface area contributed by atoms with Gasteiger partial charge in [-0.2, -0.15) is 4.31 Å². The third-order valence-electron chi connectivity index (χ3n) is 6.00. The van der Waals surface area contributed by atoms with Gasteiger partial charge in [0.2, 0.25) is 15.9 Å². The summed E-state index contributed by atoms with van der Waals surface area (Å²) in [5.41, 5.74) is 0.392. The minimum atomic E-state index is -3.80. The smallest absolute Gasteiger partial charge is 0.287 e.